The maximum atomic E-state index is 5.44. The van der Waals surface area contributed by atoms with Crippen LogP contribution in [0.5, 0.6) is 28.7 Å². The molecule has 1 aliphatic rings. The number of fused-ring (bicyclic) bond motifs is 1. The molecule has 0 amide bonds. The monoisotopic (exact) mass is 415 g/mol. The summed E-state index contributed by atoms with van der Waals surface area (Å²) in [6.07, 6.45) is 0.839. The molecule has 1 aliphatic heterocycles. The number of nitrogens with zero attached hydrogens (tertiary/aromatic N) is 1. The molecule has 0 aliphatic carbocycles. The molecule has 30 heavy (non-hydrogen) atoms. The number of ether oxygens (including phenoxy) is 5. The lowest BCUT2D eigenvalue weighted by molar-refractivity contribution is 0.174. The zero-order chi connectivity index (χ0) is 21.3. The lowest BCUT2D eigenvalue weighted by atomic mass is 10.1. The number of hydrogen-bond acceptors (Lipinski definition) is 6. The van der Waals surface area contributed by atoms with Crippen LogP contribution in [0.2, 0.25) is 0 Å². The third kappa shape index (κ3) is 5.20. The van der Waals surface area contributed by atoms with E-state index in [0.29, 0.717) is 23.8 Å². The predicted octanol–water partition coefficient (Wildman–Crippen LogP) is 2.74. The van der Waals surface area contributed by atoms with Crippen molar-refractivity contribution in [1.82, 2.24) is 10.6 Å². The number of methoxy groups -OCH3 is 3. The van der Waals surface area contributed by atoms with Crippen LogP contribution >= 0.6 is 0 Å². The second-order valence-electron chi connectivity index (χ2n) is 6.59. The smallest absolute Gasteiger partial charge is 0.231 e. The first-order valence-electron chi connectivity index (χ1n) is 9.88. The highest BCUT2D eigenvalue weighted by molar-refractivity contribution is 5.79. The molecule has 0 bridgehead atoms. The molecule has 2 aromatic carbocycles. The predicted molar refractivity (Wildman–Crippen MR) is 115 cm³/mol. The van der Waals surface area contributed by atoms with Crippen molar-refractivity contribution >= 4 is 5.96 Å². The zero-order valence-electron chi connectivity index (χ0n) is 17.9. The second-order valence-corrected chi connectivity index (χ2v) is 6.59. The SMILES string of the molecule is CCNC(=NCc1cc(OC)c(OC)c(OC)c1)NCCc1ccc2c(c1)OCO2. The fourth-order valence-corrected chi connectivity index (χ4v) is 3.16. The summed E-state index contributed by atoms with van der Waals surface area (Å²) < 4.78 is 27.0. The summed E-state index contributed by atoms with van der Waals surface area (Å²) in [4.78, 5) is 4.68. The quantitative estimate of drug-likeness (QED) is 0.481. The molecule has 1 heterocycles. The van der Waals surface area contributed by atoms with Crippen LogP contribution in [0.15, 0.2) is 35.3 Å². The third-order valence-corrected chi connectivity index (χ3v) is 4.63. The molecule has 8 nitrogen and oxygen atoms in total. The van der Waals surface area contributed by atoms with E-state index in [-0.39, 0.29) is 6.79 Å². The highest BCUT2D eigenvalue weighted by atomic mass is 16.7. The second kappa shape index (κ2) is 10.5. The highest BCUT2D eigenvalue weighted by Crippen LogP contribution is 2.38. The first-order chi connectivity index (χ1) is 14.7. The van der Waals surface area contributed by atoms with Crippen LogP contribution in [-0.4, -0.2) is 47.2 Å². The Kier molecular flexibility index (Phi) is 7.48. The number of aliphatic imine (C=N–C) groups is 1. The topological polar surface area (TPSA) is 82.6 Å². The molecule has 0 saturated heterocycles. The summed E-state index contributed by atoms with van der Waals surface area (Å²) in [6.45, 7) is 4.30. The van der Waals surface area contributed by atoms with Gasteiger partial charge in [-0.3, -0.25) is 0 Å². The van der Waals surface area contributed by atoms with Gasteiger partial charge in [-0.25, -0.2) is 4.99 Å². The Labute approximate surface area is 177 Å². The van der Waals surface area contributed by atoms with Crippen molar-refractivity contribution in [2.24, 2.45) is 4.99 Å². The molecular formula is C22H29N3O5. The zero-order valence-corrected chi connectivity index (χ0v) is 17.9. The van der Waals surface area contributed by atoms with E-state index in [4.69, 9.17) is 23.7 Å². The van der Waals surface area contributed by atoms with Crippen molar-refractivity contribution in [3.63, 3.8) is 0 Å². The summed E-state index contributed by atoms with van der Waals surface area (Å²) >= 11 is 0. The van der Waals surface area contributed by atoms with Crippen molar-refractivity contribution in [1.29, 1.82) is 0 Å². The Bertz CT molecular complexity index is 860. The van der Waals surface area contributed by atoms with Crippen LogP contribution in [0, 0.1) is 0 Å². The van der Waals surface area contributed by atoms with Gasteiger partial charge in [0.15, 0.2) is 29.0 Å². The van der Waals surface area contributed by atoms with Crippen molar-refractivity contribution in [3.8, 4) is 28.7 Å². The average Bonchev–Trinajstić information content (AvgIpc) is 3.24. The van der Waals surface area contributed by atoms with E-state index in [9.17, 15) is 0 Å². The number of benzene rings is 2. The molecule has 0 spiro atoms. The molecule has 0 aromatic heterocycles. The molecular weight excluding hydrogens is 386 g/mol. The standard InChI is InChI=1S/C22H29N3O5/c1-5-23-22(24-9-8-15-6-7-17-18(10-15)30-14-29-17)25-13-16-11-19(26-2)21(28-4)20(12-16)27-3/h6-7,10-12H,5,8-9,13-14H2,1-4H3,(H2,23,24,25). The van der Waals surface area contributed by atoms with Crippen LogP contribution in [0.4, 0.5) is 0 Å². The van der Waals surface area contributed by atoms with Gasteiger partial charge in [-0.2, -0.15) is 0 Å². The highest BCUT2D eigenvalue weighted by Gasteiger charge is 2.14. The summed E-state index contributed by atoms with van der Waals surface area (Å²) in [7, 11) is 4.80. The van der Waals surface area contributed by atoms with E-state index in [1.54, 1.807) is 21.3 Å². The Balaban J connectivity index is 1.63. The van der Waals surface area contributed by atoms with Crippen LogP contribution in [0.3, 0.4) is 0 Å². The van der Waals surface area contributed by atoms with Gasteiger partial charge in [-0.15, -0.1) is 0 Å². The van der Waals surface area contributed by atoms with Crippen LogP contribution < -0.4 is 34.3 Å². The van der Waals surface area contributed by atoms with E-state index in [1.807, 2.05) is 31.2 Å². The lowest BCUT2D eigenvalue weighted by Crippen LogP contribution is -2.38. The van der Waals surface area contributed by atoms with Gasteiger partial charge >= 0.3 is 0 Å². The Hall–Kier alpha value is -3.29. The molecule has 0 fully saturated rings. The molecule has 2 N–H and O–H groups in total. The van der Waals surface area contributed by atoms with Crippen LogP contribution in [0.1, 0.15) is 18.1 Å². The third-order valence-electron chi connectivity index (χ3n) is 4.63. The number of guanidine groups is 1. The van der Waals surface area contributed by atoms with Crippen LogP contribution in [-0.2, 0) is 13.0 Å². The van der Waals surface area contributed by atoms with Gasteiger partial charge < -0.3 is 34.3 Å². The normalized spacial score (nSPS) is 12.5. The van der Waals surface area contributed by atoms with Crippen molar-refractivity contribution < 1.29 is 23.7 Å². The molecule has 162 valence electrons. The summed E-state index contributed by atoms with van der Waals surface area (Å²) in [6, 6.07) is 9.82. The summed E-state index contributed by atoms with van der Waals surface area (Å²) in [5, 5.41) is 6.63. The molecule has 0 atom stereocenters. The maximum absolute atomic E-state index is 5.44. The minimum absolute atomic E-state index is 0.287. The maximum Gasteiger partial charge on any atom is 0.231 e. The van der Waals surface area contributed by atoms with Crippen molar-refractivity contribution in [3.05, 3.63) is 41.5 Å². The van der Waals surface area contributed by atoms with Crippen molar-refractivity contribution in [2.45, 2.75) is 19.9 Å². The average molecular weight is 415 g/mol. The van der Waals surface area contributed by atoms with E-state index in [1.165, 1.54) is 5.56 Å². The fraction of sp³-hybridized carbons (Fsp3) is 0.409. The van der Waals surface area contributed by atoms with Gasteiger partial charge in [0, 0.05) is 13.1 Å². The van der Waals surface area contributed by atoms with E-state index in [2.05, 4.69) is 21.7 Å². The van der Waals surface area contributed by atoms with E-state index in [0.717, 1.165) is 42.5 Å². The molecule has 0 unspecified atom stereocenters. The van der Waals surface area contributed by atoms with Gasteiger partial charge in [0.1, 0.15) is 0 Å². The number of hydrogen-bond donors (Lipinski definition) is 2. The molecule has 0 radical (unpaired) electrons. The largest absolute Gasteiger partial charge is 0.493 e. The van der Waals surface area contributed by atoms with Gasteiger partial charge in [0.25, 0.3) is 0 Å². The minimum atomic E-state index is 0.287. The van der Waals surface area contributed by atoms with E-state index < -0.39 is 0 Å². The summed E-state index contributed by atoms with van der Waals surface area (Å²) in [5.41, 5.74) is 2.13. The van der Waals surface area contributed by atoms with Gasteiger partial charge in [-0.1, -0.05) is 6.07 Å². The van der Waals surface area contributed by atoms with Gasteiger partial charge in [0.05, 0.1) is 27.9 Å². The molecule has 2 aromatic rings. The first-order valence-corrected chi connectivity index (χ1v) is 9.88. The lowest BCUT2D eigenvalue weighted by Gasteiger charge is -2.14. The Morgan fingerprint density at radius 3 is 2.33 bits per heavy atom. The Morgan fingerprint density at radius 2 is 1.67 bits per heavy atom. The van der Waals surface area contributed by atoms with Gasteiger partial charge in [-0.05, 0) is 48.7 Å². The molecule has 0 saturated carbocycles. The summed E-state index contributed by atoms with van der Waals surface area (Å²) in [5.74, 6) is 4.14. The number of rotatable bonds is 9. The molecule has 8 heteroatoms. The van der Waals surface area contributed by atoms with Crippen molar-refractivity contribution in [2.75, 3.05) is 41.2 Å². The molecule has 3 rings (SSSR count). The van der Waals surface area contributed by atoms with E-state index >= 15 is 0 Å². The fourth-order valence-electron chi connectivity index (χ4n) is 3.16. The minimum Gasteiger partial charge on any atom is -0.493 e. The Morgan fingerprint density at radius 1 is 0.933 bits per heavy atom. The van der Waals surface area contributed by atoms with Crippen LogP contribution in [0.25, 0.3) is 0 Å². The first kappa shape index (κ1) is 21.4. The van der Waals surface area contributed by atoms with Gasteiger partial charge in [0.2, 0.25) is 12.5 Å². The number of nitrogens with one attached hydrogen (secondary N) is 2.